The van der Waals surface area contributed by atoms with Crippen molar-refractivity contribution in [3.8, 4) is 11.3 Å². The van der Waals surface area contributed by atoms with Crippen molar-refractivity contribution in [1.29, 1.82) is 0 Å². The molecule has 4 rings (SSSR count). The number of aromatic amines is 1. The van der Waals surface area contributed by atoms with Crippen molar-refractivity contribution in [2.45, 2.75) is 6.04 Å². The SMILES string of the molecule is CN1CCN(C(=O)c2cn[nH]c2-c2ccccc2)[C@H](c2ccccc2)C1. The van der Waals surface area contributed by atoms with Gasteiger partial charge in [-0.05, 0) is 12.6 Å². The number of nitrogens with one attached hydrogen (secondary N) is 1. The second-order valence-electron chi connectivity index (χ2n) is 6.71. The highest BCUT2D eigenvalue weighted by atomic mass is 16.2. The van der Waals surface area contributed by atoms with E-state index in [9.17, 15) is 4.79 Å². The lowest BCUT2D eigenvalue weighted by atomic mass is 10.0. The number of H-pyrrole nitrogens is 1. The normalized spacial score (nSPS) is 18.0. The van der Waals surface area contributed by atoms with Crippen LogP contribution in [0.15, 0.2) is 66.9 Å². The standard InChI is InChI=1S/C21H22N4O/c1-24-12-13-25(19(15-24)16-8-4-2-5-9-16)21(26)18-14-22-23-20(18)17-10-6-3-7-11-17/h2-11,14,19H,12-13,15H2,1H3,(H,22,23)/t19-/m0/s1. The maximum Gasteiger partial charge on any atom is 0.258 e. The van der Waals surface area contributed by atoms with Crippen LogP contribution in [0, 0.1) is 0 Å². The molecule has 3 aromatic rings. The number of hydrogen-bond acceptors (Lipinski definition) is 3. The molecule has 1 amide bonds. The van der Waals surface area contributed by atoms with E-state index >= 15 is 0 Å². The first-order valence-electron chi connectivity index (χ1n) is 8.87. The molecule has 1 fully saturated rings. The summed E-state index contributed by atoms with van der Waals surface area (Å²) < 4.78 is 0. The zero-order valence-corrected chi connectivity index (χ0v) is 14.8. The molecule has 1 N–H and O–H groups in total. The minimum atomic E-state index is 0.0274. The number of carbonyl (C=O) groups is 1. The highest BCUT2D eigenvalue weighted by Gasteiger charge is 2.32. The van der Waals surface area contributed by atoms with E-state index in [1.54, 1.807) is 6.20 Å². The molecular formula is C21H22N4O. The Hall–Kier alpha value is -2.92. The number of nitrogens with zero attached hydrogens (tertiary/aromatic N) is 3. The van der Waals surface area contributed by atoms with Crippen molar-refractivity contribution in [2.75, 3.05) is 26.7 Å². The average Bonchev–Trinajstić information content (AvgIpc) is 3.19. The number of piperazine rings is 1. The number of hydrogen-bond donors (Lipinski definition) is 1. The van der Waals surface area contributed by atoms with Crippen molar-refractivity contribution >= 4 is 5.91 Å². The third-order valence-corrected chi connectivity index (χ3v) is 4.96. The quantitative estimate of drug-likeness (QED) is 0.792. The van der Waals surface area contributed by atoms with Crippen LogP contribution < -0.4 is 0 Å². The maximum absolute atomic E-state index is 13.4. The molecule has 0 bridgehead atoms. The lowest BCUT2D eigenvalue weighted by Gasteiger charge is -2.40. The Balaban J connectivity index is 1.68. The van der Waals surface area contributed by atoms with Crippen LogP contribution in [0.1, 0.15) is 22.0 Å². The van der Waals surface area contributed by atoms with Gasteiger partial charge in [-0.25, -0.2) is 0 Å². The zero-order chi connectivity index (χ0) is 17.9. The summed E-state index contributed by atoms with van der Waals surface area (Å²) in [4.78, 5) is 17.6. The van der Waals surface area contributed by atoms with Gasteiger partial charge in [0.15, 0.2) is 0 Å². The molecule has 1 atom stereocenters. The van der Waals surface area contributed by atoms with Gasteiger partial charge in [0.1, 0.15) is 0 Å². The molecule has 1 aliphatic rings. The molecule has 26 heavy (non-hydrogen) atoms. The van der Waals surface area contributed by atoms with Crippen LogP contribution in [0.4, 0.5) is 0 Å². The smallest absolute Gasteiger partial charge is 0.258 e. The first-order valence-corrected chi connectivity index (χ1v) is 8.87. The summed E-state index contributed by atoms with van der Waals surface area (Å²) in [5, 5.41) is 7.14. The molecule has 5 heteroatoms. The van der Waals surface area contributed by atoms with Gasteiger partial charge >= 0.3 is 0 Å². The molecule has 2 heterocycles. The van der Waals surface area contributed by atoms with Gasteiger partial charge in [-0.3, -0.25) is 9.89 Å². The molecule has 0 radical (unpaired) electrons. The van der Waals surface area contributed by atoms with Crippen LogP contribution >= 0.6 is 0 Å². The van der Waals surface area contributed by atoms with E-state index in [2.05, 4.69) is 34.3 Å². The summed E-state index contributed by atoms with van der Waals surface area (Å²) in [6, 6.07) is 20.2. The van der Waals surface area contributed by atoms with E-state index in [-0.39, 0.29) is 11.9 Å². The highest BCUT2D eigenvalue weighted by molar-refractivity contribution is 6.00. The number of benzene rings is 2. The van der Waals surface area contributed by atoms with Crippen LogP contribution in [0.2, 0.25) is 0 Å². The van der Waals surface area contributed by atoms with E-state index in [0.29, 0.717) is 12.1 Å². The molecule has 1 aliphatic heterocycles. The Kier molecular flexibility index (Phi) is 4.54. The number of carbonyl (C=O) groups excluding carboxylic acids is 1. The number of amides is 1. The van der Waals surface area contributed by atoms with E-state index in [0.717, 1.165) is 29.9 Å². The molecular weight excluding hydrogens is 324 g/mol. The zero-order valence-electron chi connectivity index (χ0n) is 14.8. The molecule has 0 aliphatic carbocycles. The Morgan fingerprint density at radius 3 is 2.46 bits per heavy atom. The van der Waals surface area contributed by atoms with E-state index in [1.165, 1.54) is 0 Å². The first kappa shape index (κ1) is 16.5. The minimum Gasteiger partial charge on any atom is -0.329 e. The summed E-state index contributed by atoms with van der Waals surface area (Å²) in [5.74, 6) is 0.0274. The van der Waals surface area contributed by atoms with Crippen LogP contribution in [0.5, 0.6) is 0 Å². The summed E-state index contributed by atoms with van der Waals surface area (Å²) in [6.07, 6.45) is 1.64. The second kappa shape index (κ2) is 7.14. The van der Waals surface area contributed by atoms with Gasteiger partial charge in [0, 0.05) is 25.2 Å². The predicted octanol–water partition coefficient (Wildman–Crippen LogP) is 3.21. The average molecular weight is 346 g/mol. The van der Waals surface area contributed by atoms with Gasteiger partial charge in [-0.1, -0.05) is 60.7 Å². The fourth-order valence-corrected chi connectivity index (χ4v) is 3.55. The van der Waals surface area contributed by atoms with E-state index in [4.69, 9.17) is 0 Å². The van der Waals surface area contributed by atoms with Crippen LogP contribution in [-0.4, -0.2) is 52.6 Å². The Morgan fingerprint density at radius 1 is 1.04 bits per heavy atom. The maximum atomic E-state index is 13.4. The molecule has 2 aromatic carbocycles. The van der Waals surface area contributed by atoms with Crippen LogP contribution in [0.25, 0.3) is 11.3 Å². The monoisotopic (exact) mass is 346 g/mol. The minimum absolute atomic E-state index is 0.0274. The highest BCUT2D eigenvalue weighted by Crippen LogP contribution is 2.29. The molecule has 0 unspecified atom stereocenters. The van der Waals surface area contributed by atoms with Gasteiger partial charge in [0.25, 0.3) is 5.91 Å². The first-order chi connectivity index (χ1) is 12.7. The van der Waals surface area contributed by atoms with Crippen molar-refractivity contribution < 1.29 is 4.79 Å². The van der Waals surface area contributed by atoms with Crippen molar-refractivity contribution in [3.63, 3.8) is 0 Å². The third-order valence-electron chi connectivity index (χ3n) is 4.96. The molecule has 5 nitrogen and oxygen atoms in total. The van der Waals surface area contributed by atoms with Crippen molar-refractivity contribution in [1.82, 2.24) is 20.0 Å². The molecule has 1 aromatic heterocycles. The van der Waals surface area contributed by atoms with Gasteiger partial charge in [-0.2, -0.15) is 5.10 Å². The third kappa shape index (κ3) is 3.13. The molecule has 132 valence electrons. The fourth-order valence-electron chi connectivity index (χ4n) is 3.55. The second-order valence-corrected chi connectivity index (χ2v) is 6.71. The summed E-state index contributed by atoms with van der Waals surface area (Å²) >= 11 is 0. The number of rotatable bonds is 3. The van der Waals surface area contributed by atoms with Crippen molar-refractivity contribution in [3.05, 3.63) is 78.0 Å². The van der Waals surface area contributed by atoms with Crippen LogP contribution in [-0.2, 0) is 0 Å². The molecule has 0 spiro atoms. The predicted molar refractivity (Wildman–Crippen MR) is 102 cm³/mol. The Labute approximate surface area is 153 Å². The van der Waals surface area contributed by atoms with E-state index in [1.807, 2.05) is 53.4 Å². The lowest BCUT2D eigenvalue weighted by molar-refractivity contribution is 0.0499. The van der Waals surface area contributed by atoms with Gasteiger partial charge in [0.2, 0.25) is 0 Å². The van der Waals surface area contributed by atoms with Crippen LogP contribution in [0.3, 0.4) is 0 Å². The number of likely N-dealkylation sites (N-methyl/N-ethyl adjacent to an activating group) is 1. The summed E-state index contributed by atoms with van der Waals surface area (Å²) in [7, 11) is 2.10. The van der Waals surface area contributed by atoms with Gasteiger partial charge in [-0.15, -0.1) is 0 Å². The molecule has 0 saturated carbocycles. The largest absolute Gasteiger partial charge is 0.329 e. The topological polar surface area (TPSA) is 52.2 Å². The Morgan fingerprint density at radius 2 is 1.73 bits per heavy atom. The lowest BCUT2D eigenvalue weighted by Crippen LogP contribution is -2.49. The molecule has 1 saturated heterocycles. The van der Waals surface area contributed by atoms with Gasteiger partial charge in [0.05, 0.1) is 23.5 Å². The van der Waals surface area contributed by atoms with Crippen molar-refractivity contribution in [2.24, 2.45) is 0 Å². The summed E-state index contributed by atoms with van der Waals surface area (Å²) in [5.41, 5.74) is 3.54. The number of aromatic nitrogens is 2. The van der Waals surface area contributed by atoms with Gasteiger partial charge < -0.3 is 9.80 Å². The Bertz CT molecular complexity index is 875. The fraction of sp³-hybridized carbons (Fsp3) is 0.238. The summed E-state index contributed by atoms with van der Waals surface area (Å²) in [6.45, 7) is 2.40. The van der Waals surface area contributed by atoms with E-state index < -0.39 is 0 Å².